The quantitative estimate of drug-likeness (QED) is 0.186. The molecule has 0 aliphatic heterocycles. The van der Waals surface area contributed by atoms with Crippen molar-refractivity contribution < 1.29 is 52.5 Å². The van der Waals surface area contributed by atoms with Gasteiger partial charge in [-0.1, -0.05) is 0 Å². The lowest BCUT2D eigenvalue weighted by molar-refractivity contribution is -0.382. The second-order valence-electron chi connectivity index (χ2n) is 4.08. The standard InChI is InChI=1S/C5H12N2S3.C4HF9O3S/c1-5(6-8-2)7(9-3)10-4;5-1(6,3(9,10)11)2(7,8)4(12,13)17(14,15)16/h1-4H3;(H,14,15,16). The summed E-state index contributed by atoms with van der Waals surface area (Å²) >= 11 is 4.83. The van der Waals surface area contributed by atoms with E-state index in [1.54, 1.807) is 23.9 Å². The number of rotatable bonds is 6. The molecular formula is C9H13F9N2O3S4. The van der Waals surface area contributed by atoms with E-state index in [2.05, 4.69) is 8.11 Å². The summed E-state index contributed by atoms with van der Waals surface area (Å²) in [6, 6.07) is 0. The van der Waals surface area contributed by atoms with Crippen LogP contribution in [0.3, 0.4) is 0 Å². The second-order valence-corrected chi connectivity index (χ2v) is 7.78. The Kier molecular flexibility index (Phi) is 10.8. The Hall–Kier alpha value is -0.200. The predicted octanol–water partition coefficient (Wildman–Crippen LogP) is 4.84. The highest BCUT2D eigenvalue weighted by Crippen LogP contribution is 2.54. The highest BCUT2D eigenvalue weighted by molar-refractivity contribution is 8.12. The van der Waals surface area contributed by atoms with Crippen molar-refractivity contribution in [2.75, 3.05) is 18.8 Å². The van der Waals surface area contributed by atoms with Crippen molar-refractivity contribution in [3.8, 4) is 0 Å². The molecule has 0 bridgehead atoms. The van der Waals surface area contributed by atoms with Crippen LogP contribution in [0.25, 0.3) is 0 Å². The third kappa shape index (κ3) is 6.67. The summed E-state index contributed by atoms with van der Waals surface area (Å²) in [7, 11) is -7.17. The maximum atomic E-state index is 12.2. The molecule has 0 fully saturated rings. The Morgan fingerprint density at radius 1 is 0.889 bits per heavy atom. The first kappa shape index (κ1) is 29.0. The van der Waals surface area contributed by atoms with E-state index in [1.165, 1.54) is 11.9 Å². The van der Waals surface area contributed by atoms with Gasteiger partial charge in [-0.05, 0) is 42.8 Å². The van der Waals surface area contributed by atoms with Crippen LogP contribution in [0.5, 0.6) is 0 Å². The van der Waals surface area contributed by atoms with Gasteiger partial charge < -0.3 is 0 Å². The molecule has 0 aliphatic carbocycles. The van der Waals surface area contributed by atoms with Gasteiger partial charge in [0.05, 0.1) is 0 Å². The van der Waals surface area contributed by atoms with Gasteiger partial charge in [0, 0.05) is 18.8 Å². The molecule has 0 aromatic heterocycles. The van der Waals surface area contributed by atoms with Crippen molar-refractivity contribution in [2.24, 2.45) is 4.40 Å². The fourth-order valence-electron chi connectivity index (χ4n) is 1.03. The van der Waals surface area contributed by atoms with E-state index in [0.29, 0.717) is 0 Å². The minimum Gasteiger partial charge on any atom is -0.281 e. The van der Waals surface area contributed by atoms with Gasteiger partial charge in [0.2, 0.25) is 0 Å². The number of hydrogen-bond donors (Lipinski definition) is 1. The average molecular weight is 496 g/mol. The minimum atomic E-state index is -7.37. The molecule has 0 aliphatic rings. The third-order valence-corrected chi connectivity index (χ3v) is 5.70. The molecule has 0 aromatic carbocycles. The van der Waals surface area contributed by atoms with Gasteiger partial charge >= 0.3 is 33.4 Å². The van der Waals surface area contributed by atoms with Gasteiger partial charge in [-0.2, -0.15) is 47.9 Å². The number of amidine groups is 1. The highest BCUT2D eigenvalue weighted by Gasteiger charge is 2.85. The smallest absolute Gasteiger partial charge is 0.281 e. The van der Waals surface area contributed by atoms with Crippen LogP contribution in [0, 0.1) is 0 Å². The lowest BCUT2D eigenvalue weighted by Gasteiger charge is -2.31. The van der Waals surface area contributed by atoms with E-state index in [-0.39, 0.29) is 0 Å². The molecular weight excluding hydrogens is 483 g/mol. The van der Waals surface area contributed by atoms with Crippen molar-refractivity contribution in [1.82, 2.24) is 3.71 Å². The van der Waals surface area contributed by atoms with Crippen LogP contribution in [0.4, 0.5) is 39.5 Å². The monoisotopic (exact) mass is 496 g/mol. The maximum Gasteiger partial charge on any atom is 0.460 e. The number of alkyl halides is 9. The van der Waals surface area contributed by atoms with Crippen LogP contribution in [-0.2, 0) is 10.1 Å². The molecule has 0 radical (unpaired) electrons. The Labute approximate surface area is 161 Å². The van der Waals surface area contributed by atoms with E-state index in [4.69, 9.17) is 4.55 Å². The predicted molar refractivity (Wildman–Crippen MR) is 87.9 cm³/mol. The van der Waals surface area contributed by atoms with E-state index >= 15 is 0 Å². The molecule has 0 unspecified atom stereocenters. The van der Waals surface area contributed by atoms with Gasteiger partial charge in [0.15, 0.2) is 0 Å². The Bertz CT molecular complexity index is 606. The van der Waals surface area contributed by atoms with Gasteiger partial charge in [-0.25, -0.2) is 8.11 Å². The van der Waals surface area contributed by atoms with Crippen LogP contribution < -0.4 is 0 Å². The summed E-state index contributed by atoms with van der Waals surface area (Å²) in [5.41, 5.74) is 0. The summed E-state index contributed by atoms with van der Waals surface area (Å²) in [5, 5.41) is -7.00. The van der Waals surface area contributed by atoms with E-state index in [0.717, 1.165) is 5.84 Å². The van der Waals surface area contributed by atoms with Gasteiger partial charge in [-0.15, -0.1) is 0 Å². The lowest BCUT2D eigenvalue weighted by Crippen LogP contribution is -2.63. The lowest BCUT2D eigenvalue weighted by atomic mass is 10.1. The zero-order valence-electron chi connectivity index (χ0n) is 13.7. The molecule has 5 nitrogen and oxygen atoms in total. The Morgan fingerprint density at radius 2 is 1.26 bits per heavy atom. The zero-order valence-corrected chi connectivity index (χ0v) is 17.0. The Balaban J connectivity index is 0. The Morgan fingerprint density at radius 3 is 1.48 bits per heavy atom. The van der Waals surface area contributed by atoms with Crippen LogP contribution in [0.15, 0.2) is 4.40 Å². The van der Waals surface area contributed by atoms with Gasteiger partial charge in [-0.3, -0.25) is 4.55 Å². The first-order chi connectivity index (χ1) is 11.8. The van der Waals surface area contributed by atoms with Crippen molar-refractivity contribution in [1.29, 1.82) is 0 Å². The summed E-state index contributed by atoms with van der Waals surface area (Å²) in [6.07, 6.45) is -1.10. The van der Waals surface area contributed by atoms with Crippen LogP contribution in [-0.4, -0.2) is 64.6 Å². The fourth-order valence-corrected chi connectivity index (χ4v) is 3.13. The molecule has 0 saturated heterocycles. The zero-order chi connectivity index (χ0) is 22.5. The maximum absolute atomic E-state index is 12.2. The highest BCUT2D eigenvalue weighted by atomic mass is 32.2. The summed E-state index contributed by atoms with van der Waals surface area (Å²) in [4.78, 5) is 0. The molecule has 27 heavy (non-hydrogen) atoms. The fraction of sp³-hybridized carbons (Fsp3) is 0.889. The number of hydrogen-bond acceptors (Lipinski definition) is 6. The van der Waals surface area contributed by atoms with Crippen molar-refractivity contribution in [2.45, 2.75) is 30.2 Å². The van der Waals surface area contributed by atoms with Crippen molar-refractivity contribution >= 4 is 51.8 Å². The molecule has 0 rings (SSSR count). The number of nitrogens with zero attached hydrogens (tertiary/aromatic N) is 2. The summed E-state index contributed by atoms with van der Waals surface area (Å²) in [5.74, 6) is -13.7. The van der Waals surface area contributed by atoms with E-state index in [9.17, 15) is 47.9 Å². The summed E-state index contributed by atoms with van der Waals surface area (Å²) < 4.78 is 140. The molecule has 0 aromatic rings. The normalized spacial score (nSPS) is 14.5. The molecule has 0 spiro atoms. The summed E-state index contributed by atoms with van der Waals surface area (Å²) in [6.45, 7) is 2.00. The third-order valence-electron chi connectivity index (χ3n) is 2.26. The van der Waals surface area contributed by atoms with Crippen molar-refractivity contribution in [3.05, 3.63) is 0 Å². The van der Waals surface area contributed by atoms with E-state index < -0.39 is 33.4 Å². The molecule has 0 heterocycles. The van der Waals surface area contributed by atoms with Crippen LogP contribution in [0.2, 0.25) is 0 Å². The van der Waals surface area contributed by atoms with Gasteiger partial charge in [0.1, 0.15) is 5.84 Å². The van der Waals surface area contributed by atoms with Gasteiger partial charge in [0.25, 0.3) is 0 Å². The molecule has 0 saturated carbocycles. The van der Waals surface area contributed by atoms with Crippen LogP contribution in [0.1, 0.15) is 6.92 Å². The average Bonchev–Trinajstić information content (AvgIpc) is 2.46. The first-order valence-corrected chi connectivity index (χ1v) is 10.9. The SMILES string of the molecule is CSN=C(C)N(SC)SC.O=S(=O)(O)C(F)(F)C(F)(F)C(F)(F)C(F)(F)F. The van der Waals surface area contributed by atoms with Crippen molar-refractivity contribution in [3.63, 3.8) is 0 Å². The molecule has 0 atom stereocenters. The molecule has 0 amide bonds. The minimum absolute atomic E-state index is 1.05. The second kappa shape index (κ2) is 10.0. The number of halogens is 9. The molecule has 18 heteroatoms. The molecule has 1 N–H and O–H groups in total. The largest absolute Gasteiger partial charge is 0.460 e. The first-order valence-electron chi connectivity index (χ1n) is 5.89. The van der Waals surface area contributed by atoms with Crippen LogP contribution >= 0.6 is 35.8 Å². The topological polar surface area (TPSA) is 70.0 Å². The molecule has 164 valence electrons. The van der Waals surface area contributed by atoms with E-state index in [1.807, 2.05) is 25.7 Å².